The molecule has 4 heterocycles. The van der Waals surface area contributed by atoms with Crippen LogP contribution >= 0.6 is 0 Å². The first-order valence-electron chi connectivity index (χ1n) is 8.79. The van der Waals surface area contributed by atoms with Gasteiger partial charge in [0, 0.05) is 44.5 Å². The molecule has 7 nitrogen and oxygen atoms in total. The number of rotatable bonds is 3. The summed E-state index contributed by atoms with van der Waals surface area (Å²) in [6.45, 7) is 6.45. The van der Waals surface area contributed by atoms with E-state index < -0.39 is 0 Å². The van der Waals surface area contributed by atoms with Gasteiger partial charge in [-0.2, -0.15) is 0 Å². The number of amides is 1. The summed E-state index contributed by atoms with van der Waals surface area (Å²) in [5.74, 6) is 2.22. The molecule has 1 saturated heterocycles. The Hall–Kier alpha value is -2.15. The number of carbonyl (C=O) groups is 1. The van der Waals surface area contributed by atoms with Crippen LogP contribution in [0.2, 0.25) is 0 Å². The van der Waals surface area contributed by atoms with Crippen molar-refractivity contribution in [2.75, 3.05) is 19.6 Å². The summed E-state index contributed by atoms with van der Waals surface area (Å²) < 4.78 is 4.35. The third-order valence-corrected chi connectivity index (χ3v) is 5.57. The first-order valence-corrected chi connectivity index (χ1v) is 8.79. The van der Waals surface area contributed by atoms with Gasteiger partial charge in [-0.1, -0.05) is 0 Å². The van der Waals surface area contributed by atoms with Gasteiger partial charge < -0.3 is 14.0 Å². The Balaban J connectivity index is 1.23. The molecule has 1 saturated carbocycles. The highest BCUT2D eigenvalue weighted by Crippen LogP contribution is 2.36. The summed E-state index contributed by atoms with van der Waals surface area (Å²) in [4.78, 5) is 17.1. The van der Waals surface area contributed by atoms with Gasteiger partial charge in [0.1, 0.15) is 17.3 Å². The van der Waals surface area contributed by atoms with Gasteiger partial charge in [-0.05, 0) is 31.9 Å². The average molecular weight is 326 g/mol. The van der Waals surface area contributed by atoms with Gasteiger partial charge in [-0.15, -0.1) is 10.2 Å². The molecule has 1 aliphatic carbocycles. The maximum Gasteiger partial charge on any atom is 0.270 e. The van der Waals surface area contributed by atoms with Crippen LogP contribution in [0.5, 0.6) is 0 Å². The number of hydrogen-bond donors (Lipinski definition) is 0. The van der Waals surface area contributed by atoms with Crippen molar-refractivity contribution in [3.8, 4) is 0 Å². The van der Waals surface area contributed by atoms with E-state index in [1.165, 1.54) is 12.8 Å². The third-order valence-electron chi connectivity index (χ3n) is 5.57. The predicted octanol–water partition coefficient (Wildman–Crippen LogP) is 1.06. The largest absolute Gasteiger partial charge is 0.340 e. The molecule has 2 fully saturated rings. The molecule has 0 radical (unpaired) electrons. The lowest BCUT2D eigenvalue weighted by Gasteiger charge is -2.46. The minimum atomic E-state index is 0.180. The van der Waals surface area contributed by atoms with Crippen molar-refractivity contribution in [3.05, 3.63) is 35.7 Å². The molecular weight excluding hydrogens is 304 g/mol. The van der Waals surface area contributed by atoms with Crippen molar-refractivity contribution in [2.45, 2.75) is 44.9 Å². The Labute approximate surface area is 140 Å². The number of fused-ring (bicyclic) bond motifs is 1. The summed E-state index contributed by atoms with van der Waals surface area (Å²) >= 11 is 0. The standard InChI is InChI=1S/C17H22N6O/c1-12-18-19-16-11-20(7-8-22(12)16)14-9-21(10-14)17(24)15-3-2-6-23(15)13-4-5-13/h2-3,6,13-14H,4-5,7-11H2,1H3. The van der Waals surface area contributed by atoms with Crippen molar-refractivity contribution in [1.29, 1.82) is 0 Å². The second-order valence-electron chi connectivity index (χ2n) is 7.18. The van der Waals surface area contributed by atoms with E-state index in [4.69, 9.17) is 0 Å². The lowest BCUT2D eigenvalue weighted by molar-refractivity contribution is 0.0159. The second kappa shape index (κ2) is 5.17. The molecule has 0 bridgehead atoms. The molecule has 5 rings (SSSR count). The molecule has 2 aliphatic heterocycles. The zero-order chi connectivity index (χ0) is 16.3. The fourth-order valence-electron chi connectivity index (χ4n) is 3.89. The zero-order valence-corrected chi connectivity index (χ0v) is 13.9. The molecule has 0 aromatic carbocycles. The van der Waals surface area contributed by atoms with E-state index >= 15 is 0 Å². The number of nitrogens with zero attached hydrogens (tertiary/aromatic N) is 6. The SMILES string of the molecule is Cc1nnc2n1CCN(C1CN(C(=O)c3cccn3C3CC3)C1)C2. The highest BCUT2D eigenvalue weighted by atomic mass is 16.2. The van der Waals surface area contributed by atoms with Crippen molar-refractivity contribution in [3.63, 3.8) is 0 Å². The highest BCUT2D eigenvalue weighted by Gasteiger charge is 2.38. The molecule has 126 valence electrons. The van der Waals surface area contributed by atoms with Crippen LogP contribution in [0.1, 0.15) is 41.0 Å². The molecule has 0 N–H and O–H groups in total. The van der Waals surface area contributed by atoms with Crippen molar-refractivity contribution >= 4 is 5.91 Å². The van der Waals surface area contributed by atoms with E-state index in [0.717, 1.165) is 50.1 Å². The van der Waals surface area contributed by atoms with E-state index in [1.54, 1.807) is 0 Å². The first-order chi connectivity index (χ1) is 11.7. The van der Waals surface area contributed by atoms with Gasteiger partial charge in [0.25, 0.3) is 5.91 Å². The molecule has 0 spiro atoms. The molecule has 2 aromatic heterocycles. The topological polar surface area (TPSA) is 59.2 Å². The Morgan fingerprint density at radius 3 is 2.79 bits per heavy atom. The Bertz CT molecular complexity index is 783. The maximum absolute atomic E-state index is 12.7. The van der Waals surface area contributed by atoms with Gasteiger partial charge in [0.15, 0.2) is 0 Å². The summed E-state index contributed by atoms with van der Waals surface area (Å²) in [6, 6.07) is 4.94. The van der Waals surface area contributed by atoms with E-state index in [0.29, 0.717) is 12.1 Å². The fraction of sp³-hybridized carbons (Fsp3) is 0.588. The molecule has 2 aromatic rings. The number of likely N-dealkylation sites (tertiary alicyclic amines) is 1. The average Bonchev–Trinajstić information content (AvgIpc) is 3.15. The van der Waals surface area contributed by atoms with Gasteiger partial charge in [-0.25, -0.2) is 0 Å². The van der Waals surface area contributed by atoms with E-state index in [9.17, 15) is 4.79 Å². The van der Waals surface area contributed by atoms with Crippen LogP contribution in [-0.2, 0) is 13.1 Å². The molecule has 7 heteroatoms. The van der Waals surface area contributed by atoms with Crippen LogP contribution < -0.4 is 0 Å². The Morgan fingerprint density at radius 2 is 2.00 bits per heavy atom. The summed E-state index contributed by atoms with van der Waals surface area (Å²) in [7, 11) is 0. The van der Waals surface area contributed by atoms with Crippen LogP contribution in [0.15, 0.2) is 18.3 Å². The van der Waals surface area contributed by atoms with E-state index in [-0.39, 0.29) is 5.91 Å². The van der Waals surface area contributed by atoms with Gasteiger partial charge >= 0.3 is 0 Å². The summed E-state index contributed by atoms with van der Waals surface area (Å²) in [5.41, 5.74) is 0.852. The number of aromatic nitrogens is 4. The van der Waals surface area contributed by atoms with E-state index in [1.807, 2.05) is 30.2 Å². The van der Waals surface area contributed by atoms with Crippen LogP contribution in [0, 0.1) is 6.92 Å². The quantitative estimate of drug-likeness (QED) is 0.846. The normalized spacial score (nSPS) is 21.6. The fourth-order valence-corrected chi connectivity index (χ4v) is 3.89. The summed E-state index contributed by atoms with van der Waals surface area (Å²) in [6.07, 6.45) is 4.44. The number of aryl methyl sites for hydroxylation is 1. The molecule has 0 atom stereocenters. The lowest BCUT2D eigenvalue weighted by Crippen LogP contribution is -2.62. The molecule has 1 amide bonds. The Kier molecular flexibility index (Phi) is 3.06. The van der Waals surface area contributed by atoms with Crippen molar-refractivity contribution in [1.82, 2.24) is 29.1 Å². The minimum Gasteiger partial charge on any atom is -0.340 e. The van der Waals surface area contributed by atoms with Crippen LogP contribution in [0.4, 0.5) is 0 Å². The van der Waals surface area contributed by atoms with Gasteiger partial charge in [0.05, 0.1) is 6.54 Å². The first kappa shape index (κ1) is 14.2. The van der Waals surface area contributed by atoms with Crippen LogP contribution in [0.25, 0.3) is 0 Å². The summed E-state index contributed by atoms with van der Waals surface area (Å²) in [5, 5.41) is 8.43. The van der Waals surface area contributed by atoms with Crippen LogP contribution in [0.3, 0.4) is 0 Å². The zero-order valence-electron chi connectivity index (χ0n) is 13.9. The number of carbonyl (C=O) groups excluding carboxylic acids is 1. The smallest absolute Gasteiger partial charge is 0.270 e. The lowest BCUT2D eigenvalue weighted by atomic mass is 10.1. The number of hydrogen-bond acceptors (Lipinski definition) is 4. The van der Waals surface area contributed by atoms with Crippen molar-refractivity contribution < 1.29 is 4.79 Å². The second-order valence-corrected chi connectivity index (χ2v) is 7.18. The highest BCUT2D eigenvalue weighted by molar-refractivity contribution is 5.93. The predicted molar refractivity (Wildman–Crippen MR) is 87.6 cm³/mol. The molecular formula is C17H22N6O. The Morgan fingerprint density at radius 1 is 1.17 bits per heavy atom. The molecule has 0 unspecified atom stereocenters. The monoisotopic (exact) mass is 326 g/mol. The van der Waals surface area contributed by atoms with Gasteiger partial charge in [0.2, 0.25) is 0 Å². The molecule has 24 heavy (non-hydrogen) atoms. The molecule has 3 aliphatic rings. The van der Waals surface area contributed by atoms with E-state index in [2.05, 4.69) is 24.2 Å². The minimum absolute atomic E-state index is 0.180. The van der Waals surface area contributed by atoms with Gasteiger partial charge in [-0.3, -0.25) is 9.69 Å². The van der Waals surface area contributed by atoms with Crippen molar-refractivity contribution in [2.24, 2.45) is 0 Å². The van der Waals surface area contributed by atoms with Crippen LogP contribution in [-0.4, -0.2) is 60.7 Å². The maximum atomic E-state index is 12.7. The third kappa shape index (κ3) is 2.18.